The molecule has 112 valence electrons. The summed E-state index contributed by atoms with van der Waals surface area (Å²) < 4.78 is 26.4. The highest BCUT2D eigenvalue weighted by Crippen LogP contribution is 2.17. The number of nitrogens with one attached hydrogen (secondary N) is 1. The smallest absolute Gasteiger partial charge is 0.130 e. The lowest BCUT2D eigenvalue weighted by atomic mass is 10.0. The monoisotopic (exact) mass is 282 g/mol. The van der Waals surface area contributed by atoms with Crippen molar-refractivity contribution in [1.29, 1.82) is 0 Å². The molecule has 0 radical (unpaired) electrons. The highest BCUT2D eigenvalue weighted by atomic mass is 19.1. The molecule has 1 fully saturated rings. The van der Waals surface area contributed by atoms with Crippen molar-refractivity contribution < 1.29 is 8.78 Å². The van der Waals surface area contributed by atoms with E-state index in [4.69, 9.17) is 0 Å². The summed E-state index contributed by atoms with van der Waals surface area (Å²) in [7, 11) is 0. The Bertz CT molecular complexity index is 428. The predicted molar refractivity (Wildman–Crippen MR) is 77.5 cm³/mol. The number of rotatable bonds is 6. The molecule has 4 heteroatoms. The molecule has 1 saturated heterocycles. The molecule has 1 aromatic carbocycles. The lowest BCUT2D eigenvalue weighted by molar-refractivity contribution is 0.186. The fourth-order valence-corrected chi connectivity index (χ4v) is 2.88. The molecule has 0 spiro atoms. The number of nitrogens with zero attached hydrogens (tertiary/aromatic N) is 1. The summed E-state index contributed by atoms with van der Waals surface area (Å²) in [6, 6.07) is 4.25. The van der Waals surface area contributed by atoms with Crippen LogP contribution in [0.25, 0.3) is 0 Å². The van der Waals surface area contributed by atoms with E-state index in [9.17, 15) is 8.78 Å². The minimum Gasteiger partial charge on any atom is -0.311 e. The lowest BCUT2D eigenvalue weighted by Gasteiger charge is -2.31. The molecule has 2 rings (SSSR count). The van der Waals surface area contributed by atoms with Gasteiger partial charge < -0.3 is 5.32 Å². The Kier molecular flexibility index (Phi) is 5.49. The second-order valence-electron chi connectivity index (χ2n) is 5.92. The first kappa shape index (κ1) is 15.4. The number of halogens is 2. The van der Waals surface area contributed by atoms with Gasteiger partial charge >= 0.3 is 0 Å². The zero-order chi connectivity index (χ0) is 14.5. The van der Waals surface area contributed by atoms with Gasteiger partial charge in [-0.05, 0) is 37.9 Å². The van der Waals surface area contributed by atoms with Gasteiger partial charge in [0, 0.05) is 30.8 Å². The largest absolute Gasteiger partial charge is 0.311 e. The van der Waals surface area contributed by atoms with Gasteiger partial charge in [0.1, 0.15) is 11.6 Å². The van der Waals surface area contributed by atoms with E-state index in [1.165, 1.54) is 25.0 Å². The molecule has 20 heavy (non-hydrogen) atoms. The van der Waals surface area contributed by atoms with E-state index in [2.05, 4.69) is 24.1 Å². The van der Waals surface area contributed by atoms with Crippen LogP contribution in [0.3, 0.4) is 0 Å². The fraction of sp³-hybridized carbons (Fsp3) is 0.625. The van der Waals surface area contributed by atoms with Crippen molar-refractivity contribution in [3.63, 3.8) is 0 Å². The van der Waals surface area contributed by atoms with Gasteiger partial charge in [0.15, 0.2) is 0 Å². The summed E-state index contributed by atoms with van der Waals surface area (Å²) in [6.45, 7) is 8.06. The Morgan fingerprint density at radius 2 is 1.90 bits per heavy atom. The van der Waals surface area contributed by atoms with E-state index in [1.54, 1.807) is 0 Å². The second-order valence-corrected chi connectivity index (χ2v) is 5.92. The van der Waals surface area contributed by atoms with Crippen LogP contribution in [0, 0.1) is 17.6 Å². The van der Waals surface area contributed by atoms with Crippen molar-refractivity contribution in [1.82, 2.24) is 10.2 Å². The van der Waals surface area contributed by atoms with Gasteiger partial charge in [-0.3, -0.25) is 4.90 Å². The van der Waals surface area contributed by atoms with Crippen LogP contribution in [-0.4, -0.2) is 30.6 Å². The van der Waals surface area contributed by atoms with Gasteiger partial charge in [-0.1, -0.05) is 19.9 Å². The molecule has 1 atom stereocenters. The van der Waals surface area contributed by atoms with E-state index in [0.29, 0.717) is 24.1 Å². The Hall–Kier alpha value is -1.00. The molecule has 0 amide bonds. The van der Waals surface area contributed by atoms with Gasteiger partial charge in [-0.15, -0.1) is 0 Å². The SMILES string of the molecule is CC(C)C(CNCc1ccc(F)cc1F)N1CCCC1. The van der Waals surface area contributed by atoms with Gasteiger partial charge in [-0.2, -0.15) is 0 Å². The Morgan fingerprint density at radius 3 is 2.50 bits per heavy atom. The summed E-state index contributed by atoms with van der Waals surface area (Å²) in [5.74, 6) is -0.429. The average Bonchev–Trinajstić information content (AvgIpc) is 2.90. The molecule has 1 heterocycles. The van der Waals surface area contributed by atoms with Crippen LogP contribution in [0.1, 0.15) is 32.3 Å². The number of hydrogen-bond acceptors (Lipinski definition) is 2. The van der Waals surface area contributed by atoms with E-state index in [0.717, 1.165) is 25.7 Å². The maximum Gasteiger partial charge on any atom is 0.130 e. The maximum atomic E-state index is 13.5. The highest BCUT2D eigenvalue weighted by Gasteiger charge is 2.24. The molecule has 1 aliphatic rings. The third kappa shape index (κ3) is 4.00. The lowest BCUT2D eigenvalue weighted by Crippen LogP contribution is -2.44. The molecule has 1 N–H and O–H groups in total. The molecule has 0 aromatic heterocycles. The van der Waals surface area contributed by atoms with Crippen molar-refractivity contribution in [3.05, 3.63) is 35.4 Å². The van der Waals surface area contributed by atoms with Crippen molar-refractivity contribution in [2.75, 3.05) is 19.6 Å². The Morgan fingerprint density at radius 1 is 1.20 bits per heavy atom. The minimum absolute atomic E-state index is 0.448. The topological polar surface area (TPSA) is 15.3 Å². The molecular formula is C16H24F2N2. The quantitative estimate of drug-likeness (QED) is 0.862. The first-order valence-corrected chi connectivity index (χ1v) is 7.46. The number of hydrogen-bond donors (Lipinski definition) is 1. The first-order valence-electron chi connectivity index (χ1n) is 7.46. The third-order valence-electron chi connectivity index (χ3n) is 4.06. The van der Waals surface area contributed by atoms with E-state index >= 15 is 0 Å². The fourth-order valence-electron chi connectivity index (χ4n) is 2.88. The standard InChI is InChI=1S/C16H24F2N2/c1-12(2)16(20-7-3-4-8-20)11-19-10-13-5-6-14(17)9-15(13)18/h5-6,9,12,16,19H,3-4,7-8,10-11H2,1-2H3. The molecule has 0 saturated carbocycles. The molecule has 1 unspecified atom stereocenters. The summed E-state index contributed by atoms with van der Waals surface area (Å²) in [4.78, 5) is 2.51. The Labute approximate surface area is 120 Å². The zero-order valence-corrected chi connectivity index (χ0v) is 12.3. The molecule has 2 nitrogen and oxygen atoms in total. The zero-order valence-electron chi connectivity index (χ0n) is 12.3. The van der Waals surface area contributed by atoms with Gasteiger partial charge in [-0.25, -0.2) is 8.78 Å². The molecule has 0 aliphatic carbocycles. The molecule has 1 aliphatic heterocycles. The van der Waals surface area contributed by atoms with Gasteiger partial charge in [0.05, 0.1) is 0 Å². The number of likely N-dealkylation sites (tertiary alicyclic amines) is 1. The summed E-state index contributed by atoms with van der Waals surface area (Å²) >= 11 is 0. The Balaban J connectivity index is 1.86. The molecular weight excluding hydrogens is 258 g/mol. The van der Waals surface area contributed by atoms with Crippen molar-refractivity contribution in [3.8, 4) is 0 Å². The maximum absolute atomic E-state index is 13.5. The van der Waals surface area contributed by atoms with Crippen LogP contribution in [0.2, 0.25) is 0 Å². The third-order valence-corrected chi connectivity index (χ3v) is 4.06. The van der Waals surface area contributed by atoms with E-state index in [1.807, 2.05) is 0 Å². The van der Waals surface area contributed by atoms with Crippen molar-refractivity contribution in [2.45, 2.75) is 39.3 Å². The second kappa shape index (κ2) is 7.14. The number of benzene rings is 1. The summed E-state index contributed by atoms with van der Waals surface area (Å²) in [6.07, 6.45) is 2.55. The minimum atomic E-state index is -0.525. The normalized spacial score (nSPS) is 17.9. The highest BCUT2D eigenvalue weighted by molar-refractivity contribution is 5.18. The molecule has 1 aromatic rings. The summed E-state index contributed by atoms with van der Waals surface area (Å²) in [5.41, 5.74) is 0.523. The molecule has 0 bridgehead atoms. The van der Waals surface area contributed by atoms with E-state index < -0.39 is 11.6 Å². The van der Waals surface area contributed by atoms with Crippen LogP contribution in [0.15, 0.2) is 18.2 Å². The van der Waals surface area contributed by atoms with E-state index in [-0.39, 0.29) is 0 Å². The summed E-state index contributed by atoms with van der Waals surface area (Å²) in [5, 5.41) is 3.32. The predicted octanol–water partition coefficient (Wildman–Crippen LogP) is 3.17. The first-order chi connectivity index (χ1) is 9.58. The van der Waals surface area contributed by atoms with Crippen LogP contribution >= 0.6 is 0 Å². The van der Waals surface area contributed by atoms with Gasteiger partial charge in [0.2, 0.25) is 0 Å². The van der Waals surface area contributed by atoms with Gasteiger partial charge in [0.25, 0.3) is 0 Å². The average molecular weight is 282 g/mol. The van der Waals surface area contributed by atoms with Crippen molar-refractivity contribution in [2.24, 2.45) is 5.92 Å². The van der Waals surface area contributed by atoms with Crippen LogP contribution in [0.5, 0.6) is 0 Å². The van der Waals surface area contributed by atoms with Crippen LogP contribution in [-0.2, 0) is 6.54 Å². The van der Waals surface area contributed by atoms with Crippen molar-refractivity contribution >= 4 is 0 Å². The van der Waals surface area contributed by atoms with Crippen LogP contribution < -0.4 is 5.32 Å². The van der Waals surface area contributed by atoms with Crippen LogP contribution in [0.4, 0.5) is 8.78 Å².